The van der Waals surface area contributed by atoms with Gasteiger partial charge in [0.15, 0.2) is 0 Å². The summed E-state index contributed by atoms with van der Waals surface area (Å²) in [5.74, 6) is -0.445. The van der Waals surface area contributed by atoms with Gasteiger partial charge in [0.2, 0.25) is 0 Å². The van der Waals surface area contributed by atoms with Crippen molar-refractivity contribution >= 4 is 23.6 Å². The molecule has 1 atom stereocenters. The predicted octanol–water partition coefficient (Wildman–Crippen LogP) is 5.47. The maximum atomic E-state index is 14.0. The highest BCUT2D eigenvalue weighted by Crippen LogP contribution is 2.30. The predicted molar refractivity (Wildman–Crippen MR) is 130 cm³/mol. The Hall–Kier alpha value is -3.84. The molecule has 2 amide bonds. The zero-order valence-corrected chi connectivity index (χ0v) is 19.8. The first kappa shape index (κ1) is 24.3. The Morgan fingerprint density at radius 1 is 1.00 bits per heavy atom. The van der Waals surface area contributed by atoms with Crippen molar-refractivity contribution in [1.29, 1.82) is 0 Å². The van der Waals surface area contributed by atoms with Crippen molar-refractivity contribution < 1.29 is 23.5 Å². The molecule has 0 fully saturated rings. The third-order valence-corrected chi connectivity index (χ3v) is 5.85. The summed E-state index contributed by atoms with van der Waals surface area (Å²) in [5.41, 5.74) is 2.77. The van der Waals surface area contributed by atoms with Gasteiger partial charge in [-0.2, -0.15) is 0 Å². The molecule has 0 saturated heterocycles. The molecular formula is C27H24ClFN2O4. The molecule has 0 saturated carbocycles. The van der Waals surface area contributed by atoms with Crippen LogP contribution in [-0.4, -0.2) is 19.1 Å². The second kappa shape index (κ2) is 11.1. The van der Waals surface area contributed by atoms with Crippen LogP contribution in [0.4, 0.5) is 9.18 Å². The molecule has 35 heavy (non-hydrogen) atoms. The Morgan fingerprint density at radius 3 is 2.54 bits per heavy atom. The molecule has 6 nitrogen and oxygen atoms in total. The van der Waals surface area contributed by atoms with E-state index in [9.17, 15) is 14.0 Å². The second-order valence-electron chi connectivity index (χ2n) is 8.04. The lowest BCUT2D eigenvalue weighted by atomic mass is 9.93. The number of hydrogen-bond acceptors (Lipinski definition) is 4. The number of urea groups is 1. The lowest BCUT2D eigenvalue weighted by Gasteiger charge is -2.29. The number of amides is 2. The summed E-state index contributed by atoms with van der Waals surface area (Å²) in [4.78, 5) is 25.8. The fourth-order valence-electron chi connectivity index (χ4n) is 3.94. The molecule has 0 bridgehead atoms. The molecule has 3 aromatic rings. The van der Waals surface area contributed by atoms with Crippen LogP contribution >= 0.6 is 11.6 Å². The molecule has 0 aromatic heterocycles. The van der Waals surface area contributed by atoms with E-state index in [-0.39, 0.29) is 12.2 Å². The first-order valence-electron chi connectivity index (χ1n) is 11.0. The lowest BCUT2D eigenvalue weighted by molar-refractivity contribution is -0.140. The number of allylic oxidation sites excluding steroid dienone is 1. The van der Waals surface area contributed by atoms with Crippen LogP contribution in [0, 0.1) is 5.82 Å². The van der Waals surface area contributed by atoms with Crippen molar-refractivity contribution in [1.82, 2.24) is 10.6 Å². The van der Waals surface area contributed by atoms with Crippen LogP contribution in [0.2, 0.25) is 5.02 Å². The van der Waals surface area contributed by atoms with E-state index in [0.717, 1.165) is 11.1 Å². The number of carbonyl (C=O) groups excluding carboxylic acids is 2. The van der Waals surface area contributed by atoms with Crippen molar-refractivity contribution in [2.75, 3.05) is 7.11 Å². The molecule has 0 aliphatic carbocycles. The number of halogens is 2. The summed E-state index contributed by atoms with van der Waals surface area (Å²) in [6.07, 6.45) is 0.877. The van der Waals surface area contributed by atoms with Crippen LogP contribution in [0.25, 0.3) is 0 Å². The van der Waals surface area contributed by atoms with E-state index in [1.807, 2.05) is 24.3 Å². The summed E-state index contributed by atoms with van der Waals surface area (Å²) < 4.78 is 24.9. The summed E-state index contributed by atoms with van der Waals surface area (Å²) >= 11 is 6.10. The van der Waals surface area contributed by atoms with E-state index in [1.54, 1.807) is 37.4 Å². The number of hydrogen-bond donors (Lipinski definition) is 2. The molecule has 8 heteroatoms. The van der Waals surface area contributed by atoms with Crippen molar-refractivity contribution in [2.24, 2.45) is 0 Å². The lowest BCUT2D eigenvalue weighted by Crippen LogP contribution is -2.46. The molecule has 2 N–H and O–H groups in total. The minimum atomic E-state index is -0.869. The summed E-state index contributed by atoms with van der Waals surface area (Å²) in [5, 5.41) is 6.07. The molecule has 1 heterocycles. The Morgan fingerprint density at radius 2 is 1.77 bits per heavy atom. The number of esters is 1. The van der Waals surface area contributed by atoms with Gasteiger partial charge in [-0.05, 0) is 65.9 Å². The molecule has 1 aliphatic rings. The third kappa shape index (κ3) is 6.19. The zero-order chi connectivity index (χ0) is 24.8. The highest BCUT2D eigenvalue weighted by atomic mass is 35.5. The van der Waals surface area contributed by atoms with Gasteiger partial charge < -0.3 is 20.1 Å². The van der Waals surface area contributed by atoms with Gasteiger partial charge in [0, 0.05) is 10.7 Å². The monoisotopic (exact) mass is 494 g/mol. The average molecular weight is 495 g/mol. The van der Waals surface area contributed by atoms with Crippen molar-refractivity contribution in [2.45, 2.75) is 25.5 Å². The fraction of sp³-hybridized carbons (Fsp3) is 0.185. The molecule has 1 aliphatic heterocycles. The molecule has 180 valence electrons. The van der Waals surface area contributed by atoms with Gasteiger partial charge in [-0.15, -0.1) is 0 Å². The van der Waals surface area contributed by atoms with E-state index in [2.05, 4.69) is 10.6 Å². The Kier molecular flexibility index (Phi) is 7.67. The first-order chi connectivity index (χ1) is 16.9. The smallest absolute Gasteiger partial charge is 0.338 e. The summed E-state index contributed by atoms with van der Waals surface area (Å²) in [6, 6.07) is 19.0. The number of rotatable bonds is 8. The molecule has 0 radical (unpaired) electrons. The summed E-state index contributed by atoms with van der Waals surface area (Å²) in [6.45, 7) is 0.00488. The van der Waals surface area contributed by atoms with Crippen molar-refractivity contribution in [3.05, 3.63) is 112 Å². The minimum absolute atomic E-state index is 0.00488. The van der Waals surface area contributed by atoms with Crippen LogP contribution in [0.3, 0.4) is 0 Å². The zero-order valence-electron chi connectivity index (χ0n) is 19.0. The number of nitrogens with one attached hydrogen (secondary N) is 2. The van der Waals surface area contributed by atoms with Gasteiger partial charge in [0.1, 0.15) is 18.2 Å². The maximum absolute atomic E-state index is 14.0. The second-order valence-corrected chi connectivity index (χ2v) is 8.47. The Balaban J connectivity index is 1.65. The minimum Gasteiger partial charge on any atom is -0.497 e. The van der Waals surface area contributed by atoms with Crippen molar-refractivity contribution in [3.8, 4) is 5.75 Å². The molecular weight excluding hydrogens is 471 g/mol. The van der Waals surface area contributed by atoms with E-state index in [4.69, 9.17) is 21.1 Å². The van der Waals surface area contributed by atoms with Gasteiger partial charge in [0.25, 0.3) is 0 Å². The van der Waals surface area contributed by atoms with E-state index in [1.165, 1.54) is 18.2 Å². The normalized spacial score (nSPS) is 15.3. The van der Waals surface area contributed by atoms with Crippen LogP contribution in [0.15, 0.2) is 84.1 Å². The number of carbonyl (C=O) groups is 2. The van der Waals surface area contributed by atoms with Crippen molar-refractivity contribution in [3.63, 3.8) is 0 Å². The molecule has 3 aromatic carbocycles. The first-order valence-corrected chi connectivity index (χ1v) is 11.4. The number of aryl methyl sites for hydroxylation is 1. The standard InChI is InChI=1S/C27H24ClFN2O4/c1-34-22-10-3-6-18(14-22)16-35-26(32)24-23(12-11-17-5-2-8-20(28)13-17)30-27(33)31-25(24)19-7-4-9-21(29)15-19/h2-10,13-15,25H,11-12,16H2,1H3,(H2,30,31,33). The van der Waals surface area contributed by atoms with Crippen LogP contribution < -0.4 is 15.4 Å². The Labute approximate surface area is 207 Å². The van der Waals surface area contributed by atoms with Gasteiger partial charge in [0.05, 0.1) is 18.7 Å². The summed E-state index contributed by atoms with van der Waals surface area (Å²) in [7, 11) is 1.56. The average Bonchev–Trinajstić information content (AvgIpc) is 2.86. The van der Waals surface area contributed by atoms with E-state index < -0.39 is 23.9 Å². The topological polar surface area (TPSA) is 76.7 Å². The van der Waals surface area contributed by atoms with E-state index in [0.29, 0.717) is 34.9 Å². The number of ether oxygens (including phenoxy) is 2. The van der Waals surface area contributed by atoms with Crippen LogP contribution in [-0.2, 0) is 22.6 Å². The molecule has 0 spiro atoms. The van der Waals surface area contributed by atoms with Gasteiger partial charge >= 0.3 is 12.0 Å². The van der Waals surface area contributed by atoms with Crippen LogP contribution in [0.5, 0.6) is 5.75 Å². The fourth-order valence-corrected chi connectivity index (χ4v) is 4.16. The van der Waals surface area contributed by atoms with Crippen LogP contribution in [0.1, 0.15) is 29.2 Å². The SMILES string of the molecule is COc1cccc(COC(=O)C2=C(CCc3cccc(Cl)c3)NC(=O)NC2c2cccc(F)c2)c1. The Bertz CT molecular complexity index is 1280. The van der Waals surface area contributed by atoms with Gasteiger partial charge in [-0.25, -0.2) is 14.0 Å². The third-order valence-electron chi connectivity index (χ3n) is 5.61. The van der Waals surface area contributed by atoms with Gasteiger partial charge in [-0.1, -0.05) is 48.0 Å². The maximum Gasteiger partial charge on any atom is 0.338 e. The molecule has 1 unspecified atom stereocenters. The number of methoxy groups -OCH3 is 1. The highest BCUT2D eigenvalue weighted by Gasteiger charge is 2.33. The largest absolute Gasteiger partial charge is 0.497 e. The highest BCUT2D eigenvalue weighted by molar-refractivity contribution is 6.30. The quantitative estimate of drug-likeness (QED) is 0.407. The number of benzene rings is 3. The van der Waals surface area contributed by atoms with Gasteiger partial charge in [-0.3, -0.25) is 0 Å². The molecule has 4 rings (SSSR count). The van der Waals surface area contributed by atoms with E-state index >= 15 is 0 Å².